The first-order chi connectivity index (χ1) is 13.1. The van der Waals surface area contributed by atoms with E-state index < -0.39 is 16.9 Å². The van der Waals surface area contributed by atoms with E-state index in [9.17, 15) is 8.60 Å². The lowest BCUT2D eigenvalue weighted by molar-refractivity contribution is 0.373. The van der Waals surface area contributed by atoms with E-state index >= 15 is 0 Å². The minimum absolute atomic E-state index is 0.115. The van der Waals surface area contributed by atoms with Crippen molar-refractivity contribution in [1.29, 1.82) is 0 Å². The fourth-order valence-corrected chi connectivity index (χ4v) is 3.78. The highest BCUT2D eigenvalue weighted by atomic mass is 32.2. The van der Waals surface area contributed by atoms with Crippen LogP contribution in [0.5, 0.6) is 0 Å². The summed E-state index contributed by atoms with van der Waals surface area (Å²) >= 11 is -2.01. The molecule has 1 saturated heterocycles. The topological polar surface area (TPSA) is 105 Å². The molecule has 8 nitrogen and oxygen atoms in total. The first-order valence-electron chi connectivity index (χ1n) is 8.63. The van der Waals surface area contributed by atoms with E-state index in [0.29, 0.717) is 28.6 Å². The number of benzene rings is 1. The number of hydrogen-bond acceptors (Lipinski definition) is 6. The van der Waals surface area contributed by atoms with Crippen LogP contribution in [0.15, 0.2) is 30.9 Å². The van der Waals surface area contributed by atoms with Crippen LogP contribution in [-0.2, 0) is 16.8 Å². The Morgan fingerprint density at radius 1 is 1.30 bits per heavy atom. The highest BCUT2D eigenvalue weighted by molar-refractivity contribution is 7.78. The van der Waals surface area contributed by atoms with Gasteiger partial charge in [-0.1, -0.05) is 6.07 Å². The quantitative estimate of drug-likeness (QED) is 0.574. The Hall–Kier alpha value is -2.43. The summed E-state index contributed by atoms with van der Waals surface area (Å²) in [5, 5.41) is 6.30. The minimum atomic E-state index is -2.01. The molecule has 142 valence electrons. The highest BCUT2D eigenvalue weighted by Gasteiger charge is 2.19. The van der Waals surface area contributed by atoms with Crippen LogP contribution in [0.4, 0.5) is 15.9 Å². The summed E-state index contributed by atoms with van der Waals surface area (Å²) in [6, 6.07) is 4.69. The second kappa shape index (κ2) is 7.67. The number of piperidine rings is 1. The molecule has 0 amide bonds. The number of rotatable bonds is 5. The van der Waals surface area contributed by atoms with Crippen molar-refractivity contribution >= 4 is 33.7 Å². The largest absolute Gasteiger partial charge is 0.336 e. The Morgan fingerprint density at radius 3 is 2.85 bits per heavy atom. The third-order valence-corrected chi connectivity index (χ3v) is 5.22. The molecule has 27 heavy (non-hydrogen) atoms. The first kappa shape index (κ1) is 18.0. The molecule has 2 aromatic heterocycles. The van der Waals surface area contributed by atoms with Crippen LogP contribution in [-0.4, -0.2) is 41.4 Å². The van der Waals surface area contributed by atoms with Crippen LogP contribution in [0.3, 0.4) is 0 Å². The summed E-state index contributed by atoms with van der Waals surface area (Å²) in [6.07, 6.45) is 5.20. The summed E-state index contributed by atoms with van der Waals surface area (Å²) in [6.45, 7) is 1.91. The summed E-state index contributed by atoms with van der Waals surface area (Å²) in [4.78, 5) is 13.0. The first-order valence-corrected chi connectivity index (χ1v) is 9.90. The molecule has 1 aliphatic rings. The zero-order chi connectivity index (χ0) is 18.8. The molecular formula is C17H19FN6O2S. The molecule has 0 bridgehead atoms. The summed E-state index contributed by atoms with van der Waals surface area (Å²) in [7, 11) is 0. The zero-order valence-corrected chi connectivity index (χ0v) is 15.2. The lowest BCUT2D eigenvalue weighted by Crippen LogP contribution is -2.29. The van der Waals surface area contributed by atoms with Crippen molar-refractivity contribution in [1.82, 2.24) is 24.8 Å². The van der Waals surface area contributed by atoms with E-state index in [-0.39, 0.29) is 11.4 Å². The van der Waals surface area contributed by atoms with E-state index in [1.54, 1.807) is 12.4 Å². The highest BCUT2D eigenvalue weighted by Crippen LogP contribution is 2.28. The second-order valence-corrected chi connectivity index (χ2v) is 7.36. The van der Waals surface area contributed by atoms with Crippen molar-refractivity contribution in [2.45, 2.75) is 24.6 Å². The number of nitrogens with one attached hydrogen (secondary N) is 2. The molecule has 0 radical (unpaired) electrons. The Kier molecular flexibility index (Phi) is 5.10. The average molecular weight is 390 g/mol. The van der Waals surface area contributed by atoms with Gasteiger partial charge in [0.25, 0.3) is 0 Å². The molecule has 3 heterocycles. The second-order valence-electron chi connectivity index (χ2n) is 6.43. The molecule has 3 N–H and O–H groups in total. The molecule has 1 aromatic carbocycles. The Labute approximate surface area is 157 Å². The van der Waals surface area contributed by atoms with Crippen molar-refractivity contribution in [3.05, 3.63) is 42.2 Å². The monoisotopic (exact) mass is 390 g/mol. The molecule has 0 spiro atoms. The van der Waals surface area contributed by atoms with E-state index in [2.05, 4.69) is 30.2 Å². The van der Waals surface area contributed by atoms with E-state index in [1.165, 1.54) is 18.5 Å². The number of fused-ring (bicyclic) bond motifs is 1. The maximum Gasteiger partial charge on any atom is 0.165 e. The van der Waals surface area contributed by atoms with Crippen molar-refractivity contribution in [3.8, 4) is 0 Å². The molecule has 1 unspecified atom stereocenters. The maximum absolute atomic E-state index is 14.4. The molecule has 0 aliphatic carbocycles. The lowest BCUT2D eigenvalue weighted by Gasteiger charge is -2.23. The van der Waals surface area contributed by atoms with E-state index in [1.807, 2.05) is 0 Å². The van der Waals surface area contributed by atoms with Crippen LogP contribution in [0.2, 0.25) is 0 Å². The lowest BCUT2D eigenvalue weighted by atomic mass is 10.1. The van der Waals surface area contributed by atoms with Crippen LogP contribution >= 0.6 is 0 Å². The van der Waals surface area contributed by atoms with Gasteiger partial charge in [0.15, 0.2) is 28.1 Å². The summed E-state index contributed by atoms with van der Waals surface area (Å²) in [5.41, 5.74) is 1.96. The number of imidazole rings is 1. The number of aromatic nitrogens is 4. The van der Waals surface area contributed by atoms with Crippen LogP contribution < -0.4 is 10.6 Å². The zero-order valence-electron chi connectivity index (χ0n) is 14.4. The normalized spacial score (nSPS) is 16.5. The SMILES string of the molecule is O=S(O)Cc1ccc(Nc2ncnc3c2ncn3C2CCNCC2)c(F)c1. The molecule has 0 saturated carbocycles. The van der Waals surface area contributed by atoms with Crippen LogP contribution in [0.25, 0.3) is 11.2 Å². The van der Waals surface area contributed by atoms with Gasteiger partial charge in [-0.25, -0.2) is 23.6 Å². The van der Waals surface area contributed by atoms with Gasteiger partial charge in [-0.15, -0.1) is 0 Å². The van der Waals surface area contributed by atoms with Gasteiger partial charge in [0, 0.05) is 6.04 Å². The summed E-state index contributed by atoms with van der Waals surface area (Å²) in [5.74, 6) is -0.220. The fraction of sp³-hybridized carbons (Fsp3) is 0.353. The van der Waals surface area contributed by atoms with Gasteiger partial charge in [-0.2, -0.15) is 0 Å². The van der Waals surface area contributed by atoms with Gasteiger partial charge < -0.3 is 19.8 Å². The van der Waals surface area contributed by atoms with Gasteiger partial charge in [-0.3, -0.25) is 0 Å². The van der Waals surface area contributed by atoms with Gasteiger partial charge in [0.1, 0.15) is 12.1 Å². The average Bonchev–Trinajstić information content (AvgIpc) is 3.09. The van der Waals surface area contributed by atoms with Crippen molar-refractivity contribution < 1.29 is 13.2 Å². The van der Waals surface area contributed by atoms with E-state index in [0.717, 1.165) is 25.9 Å². The van der Waals surface area contributed by atoms with Crippen LogP contribution in [0.1, 0.15) is 24.4 Å². The van der Waals surface area contributed by atoms with Crippen molar-refractivity contribution in [2.75, 3.05) is 18.4 Å². The standard InChI is InChI=1S/C17H19FN6O2S/c18-13-7-11(8-27(25)26)1-2-14(13)23-16-15-17(21-9-20-16)24(10-22-15)12-3-5-19-6-4-12/h1-2,7,9-10,12,19H,3-6,8H2,(H,25,26)(H,20,21,23). The Morgan fingerprint density at radius 2 is 2.11 bits per heavy atom. The predicted octanol–water partition coefficient (Wildman–Crippen LogP) is 2.36. The van der Waals surface area contributed by atoms with E-state index in [4.69, 9.17) is 4.55 Å². The van der Waals surface area contributed by atoms with Crippen molar-refractivity contribution in [3.63, 3.8) is 0 Å². The molecule has 1 fully saturated rings. The molecule has 4 rings (SSSR count). The minimum Gasteiger partial charge on any atom is -0.336 e. The fourth-order valence-electron chi connectivity index (χ4n) is 3.32. The van der Waals surface area contributed by atoms with Gasteiger partial charge in [0.05, 0.1) is 17.8 Å². The maximum atomic E-state index is 14.4. The number of anilines is 2. The Balaban J connectivity index is 1.63. The summed E-state index contributed by atoms with van der Waals surface area (Å²) < 4.78 is 36.2. The van der Waals surface area contributed by atoms with Crippen LogP contribution in [0, 0.1) is 5.82 Å². The number of halogens is 1. The molecular weight excluding hydrogens is 371 g/mol. The molecule has 10 heteroatoms. The predicted molar refractivity (Wildman–Crippen MR) is 101 cm³/mol. The number of nitrogens with zero attached hydrogens (tertiary/aromatic N) is 4. The van der Waals surface area contributed by atoms with Gasteiger partial charge in [0.2, 0.25) is 0 Å². The molecule has 1 atom stereocenters. The molecule has 1 aliphatic heterocycles. The number of hydrogen-bond donors (Lipinski definition) is 3. The van der Waals surface area contributed by atoms with Gasteiger partial charge in [-0.05, 0) is 43.6 Å². The smallest absolute Gasteiger partial charge is 0.165 e. The van der Waals surface area contributed by atoms with Crippen molar-refractivity contribution in [2.24, 2.45) is 0 Å². The Bertz CT molecular complexity index is 989. The third kappa shape index (κ3) is 3.82. The molecule has 3 aromatic rings. The van der Waals surface area contributed by atoms with Gasteiger partial charge >= 0.3 is 0 Å². The third-order valence-electron chi connectivity index (χ3n) is 4.64.